The first-order valence-electron chi connectivity index (χ1n) is 13.6. The normalized spacial score (nSPS) is 17.8. The number of piperidine rings is 1. The third-order valence-corrected chi connectivity index (χ3v) is 9.42. The number of hydrogen-bond acceptors (Lipinski definition) is 4. The number of likely N-dealkylation sites (tertiary alicyclic amines) is 1. The predicted octanol–water partition coefficient (Wildman–Crippen LogP) is 3.89. The van der Waals surface area contributed by atoms with Crippen LogP contribution in [0.25, 0.3) is 0 Å². The zero-order valence-electron chi connectivity index (χ0n) is 22.2. The molecule has 1 heterocycles. The Morgan fingerprint density at radius 2 is 1.69 bits per heavy atom. The largest absolute Gasteiger partial charge is 0.335 e. The van der Waals surface area contributed by atoms with Gasteiger partial charge in [-0.25, -0.2) is 13.2 Å². The van der Waals surface area contributed by atoms with Crippen molar-refractivity contribution in [2.24, 2.45) is 0 Å². The van der Waals surface area contributed by atoms with Gasteiger partial charge in [-0.1, -0.05) is 50.5 Å². The van der Waals surface area contributed by atoms with Gasteiger partial charge in [0.15, 0.2) is 0 Å². The van der Waals surface area contributed by atoms with Crippen molar-refractivity contribution in [1.29, 1.82) is 0 Å². The van der Waals surface area contributed by atoms with Crippen molar-refractivity contribution in [3.63, 3.8) is 0 Å². The van der Waals surface area contributed by atoms with Crippen molar-refractivity contribution in [2.45, 2.75) is 90.8 Å². The van der Waals surface area contributed by atoms with Gasteiger partial charge in [-0.2, -0.15) is 4.31 Å². The molecule has 0 aromatic heterocycles. The summed E-state index contributed by atoms with van der Waals surface area (Å²) in [5.41, 5.74) is 2.16. The van der Waals surface area contributed by atoms with Crippen LogP contribution in [0.4, 0.5) is 4.79 Å². The summed E-state index contributed by atoms with van der Waals surface area (Å²) in [6.07, 6.45) is 7.72. The third-order valence-electron chi connectivity index (χ3n) is 7.59. The second-order valence-electron chi connectivity index (χ2n) is 10.2. The van der Waals surface area contributed by atoms with Crippen LogP contribution in [0.1, 0.15) is 76.3 Å². The summed E-state index contributed by atoms with van der Waals surface area (Å²) in [6, 6.07) is 8.23. The van der Waals surface area contributed by atoms with Crippen LogP contribution >= 0.6 is 0 Å². The van der Waals surface area contributed by atoms with Gasteiger partial charge in [0.2, 0.25) is 15.9 Å². The lowest BCUT2D eigenvalue weighted by atomic mass is 9.95. The van der Waals surface area contributed by atoms with Crippen LogP contribution in [0.3, 0.4) is 0 Å². The molecule has 0 spiro atoms. The standard InChI is InChI=1S/C27H44N4O4S/c1-4-17-30(36(34,35)5-2)21-26(32)31(20-23-12-10-9-11-22(23)3)25-15-18-29(19-16-25)27(33)28-24-13-7-6-8-14-24/h9-12,24-25H,4-8,13-21H2,1-3H3,(H,28,33). The molecule has 9 heteroatoms. The molecular weight excluding hydrogens is 476 g/mol. The monoisotopic (exact) mass is 520 g/mol. The van der Waals surface area contributed by atoms with Crippen molar-refractivity contribution in [3.8, 4) is 0 Å². The minimum absolute atomic E-state index is 0.000269. The number of benzene rings is 1. The molecule has 0 radical (unpaired) electrons. The van der Waals surface area contributed by atoms with Gasteiger partial charge in [0, 0.05) is 38.3 Å². The van der Waals surface area contributed by atoms with Crippen LogP contribution in [0.2, 0.25) is 0 Å². The average molecular weight is 521 g/mol. The van der Waals surface area contributed by atoms with Gasteiger partial charge >= 0.3 is 6.03 Å². The first kappa shape index (κ1) is 28.4. The van der Waals surface area contributed by atoms with E-state index in [1.807, 2.05) is 47.9 Å². The number of amides is 3. The Bertz CT molecular complexity index is 970. The van der Waals surface area contributed by atoms with E-state index in [0.29, 0.717) is 45.4 Å². The topological polar surface area (TPSA) is 90.0 Å². The third kappa shape index (κ3) is 7.68. The molecule has 0 bridgehead atoms. The van der Waals surface area contributed by atoms with Gasteiger partial charge in [-0.05, 0) is 57.1 Å². The maximum absolute atomic E-state index is 13.6. The summed E-state index contributed by atoms with van der Waals surface area (Å²) in [4.78, 5) is 30.2. The van der Waals surface area contributed by atoms with E-state index >= 15 is 0 Å². The highest BCUT2D eigenvalue weighted by Gasteiger charge is 2.33. The van der Waals surface area contributed by atoms with Gasteiger partial charge < -0.3 is 15.1 Å². The second-order valence-corrected chi connectivity index (χ2v) is 12.4. The summed E-state index contributed by atoms with van der Waals surface area (Å²) >= 11 is 0. The first-order chi connectivity index (χ1) is 17.2. The lowest BCUT2D eigenvalue weighted by molar-refractivity contribution is -0.135. The molecule has 0 atom stereocenters. The van der Waals surface area contributed by atoms with Gasteiger partial charge in [0.05, 0.1) is 12.3 Å². The van der Waals surface area contributed by atoms with E-state index in [9.17, 15) is 18.0 Å². The maximum atomic E-state index is 13.6. The van der Waals surface area contributed by atoms with Crippen molar-refractivity contribution in [3.05, 3.63) is 35.4 Å². The minimum atomic E-state index is -3.47. The van der Waals surface area contributed by atoms with Crippen molar-refractivity contribution in [2.75, 3.05) is 31.9 Å². The number of sulfonamides is 1. The molecule has 2 aliphatic rings. The molecule has 1 N–H and O–H groups in total. The summed E-state index contributed by atoms with van der Waals surface area (Å²) < 4.78 is 26.6. The molecule has 8 nitrogen and oxygen atoms in total. The van der Waals surface area contributed by atoms with E-state index in [0.717, 1.165) is 24.0 Å². The van der Waals surface area contributed by atoms with Crippen molar-refractivity contribution >= 4 is 22.0 Å². The number of carbonyl (C=O) groups is 2. The van der Waals surface area contributed by atoms with E-state index in [2.05, 4.69) is 5.32 Å². The van der Waals surface area contributed by atoms with Crippen LogP contribution < -0.4 is 5.32 Å². The fourth-order valence-electron chi connectivity index (χ4n) is 5.28. The molecule has 3 rings (SSSR count). The Labute approximate surface area is 217 Å². The summed E-state index contributed by atoms with van der Waals surface area (Å²) in [7, 11) is -3.47. The summed E-state index contributed by atoms with van der Waals surface area (Å²) in [5.74, 6) is -0.194. The van der Waals surface area contributed by atoms with Crippen LogP contribution in [-0.4, -0.2) is 78.5 Å². The minimum Gasteiger partial charge on any atom is -0.335 e. The molecule has 3 amide bonds. The summed E-state index contributed by atoms with van der Waals surface area (Å²) in [5, 5.41) is 3.20. The quantitative estimate of drug-likeness (QED) is 0.507. The maximum Gasteiger partial charge on any atom is 0.317 e. The first-order valence-corrected chi connectivity index (χ1v) is 15.2. The van der Waals surface area contributed by atoms with Crippen molar-refractivity contribution in [1.82, 2.24) is 19.4 Å². The number of hydrogen-bond donors (Lipinski definition) is 1. The van der Waals surface area contributed by atoms with Crippen LogP contribution in [0, 0.1) is 6.92 Å². The van der Waals surface area contributed by atoms with E-state index in [-0.39, 0.29) is 36.3 Å². The van der Waals surface area contributed by atoms with Crippen molar-refractivity contribution < 1.29 is 18.0 Å². The smallest absolute Gasteiger partial charge is 0.317 e. The predicted molar refractivity (Wildman–Crippen MR) is 143 cm³/mol. The number of aryl methyl sites for hydroxylation is 1. The molecule has 1 aliphatic carbocycles. The molecule has 1 aromatic rings. The zero-order valence-corrected chi connectivity index (χ0v) is 23.1. The number of urea groups is 1. The molecule has 1 saturated heterocycles. The highest BCUT2D eigenvalue weighted by molar-refractivity contribution is 7.89. The SMILES string of the molecule is CCCN(CC(=O)N(Cc1ccccc1C)C1CCN(C(=O)NC2CCCCC2)CC1)S(=O)(=O)CC. The van der Waals surface area contributed by atoms with E-state index in [1.165, 1.54) is 23.6 Å². The van der Waals surface area contributed by atoms with Crippen LogP contribution in [0.5, 0.6) is 0 Å². The van der Waals surface area contributed by atoms with Gasteiger partial charge in [0.25, 0.3) is 0 Å². The van der Waals surface area contributed by atoms with E-state index in [4.69, 9.17) is 0 Å². The number of rotatable bonds is 10. The number of nitrogens with one attached hydrogen (secondary N) is 1. The van der Waals surface area contributed by atoms with E-state index in [1.54, 1.807) is 6.92 Å². The Morgan fingerprint density at radius 1 is 1.03 bits per heavy atom. The van der Waals surface area contributed by atoms with E-state index < -0.39 is 10.0 Å². The van der Waals surface area contributed by atoms with Crippen LogP contribution in [0.15, 0.2) is 24.3 Å². The van der Waals surface area contributed by atoms with Gasteiger partial charge in [0.1, 0.15) is 0 Å². The molecule has 1 aliphatic heterocycles. The molecule has 1 aromatic carbocycles. The highest BCUT2D eigenvalue weighted by atomic mass is 32.2. The molecule has 2 fully saturated rings. The Balaban J connectivity index is 1.70. The number of carbonyl (C=O) groups excluding carboxylic acids is 2. The fourth-order valence-corrected chi connectivity index (χ4v) is 6.41. The fraction of sp³-hybridized carbons (Fsp3) is 0.704. The molecule has 1 saturated carbocycles. The summed E-state index contributed by atoms with van der Waals surface area (Å²) in [6.45, 7) is 7.37. The van der Waals surface area contributed by atoms with Crippen LogP contribution in [-0.2, 0) is 21.4 Å². The van der Waals surface area contributed by atoms with Gasteiger partial charge in [-0.3, -0.25) is 4.79 Å². The molecular formula is C27H44N4O4S. The molecule has 36 heavy (non-hydrogen) atoms. The van der Waals surface area contributed by atoms with Gasteiger partial charge in [-0.15, -0.1) is 0 Å². The highest BCUT2D eigenvalue weighted by Crippen LogP contribution is 2.23. The lowest BCUT2D eigenvalue weighted by Crippen LogP contribution is -2.53. The average Bonchev–Trinajstić information content (AvgIpc) is 2.88. The lowest BCUT2D eigenvalue weighted by Gasteiger charge is -2.40. The Hall–Kier alpha value is -2.13. The Kier molecular flexibility index (Phi) is 10.6. The number of nitrogens with zero attached hydrogens (tertiary/aromatic N) is 3. The second kappa shape index (κ2) is 13.4. The molecule has 0 unspecified atom stereocenters. The Morgan fingerprint density at radius 3 is 2.31 bits per heavy atom. The molecule has 202 valence electrons. The zero-order chi connectivity index (χ0) is 26.1.